The Labute approximate surface area is 200 Å². The first-order valence-electron chi connectivity index (χ1n) is 11.0. The predicted molar refractivity (Wildman–Crippen MR) is 130 cm³/mol. The number of aryl methyl sites for hydroxylation is 2. The molecule has 4 heterocycles. The predicted octanol–water partition coefficient (Wildman–Crippen LogP) is 3.40. The number of furan rings is 1. The van der Waals surface area contributed by atoms with Crippen molar-refractivity contribution in [3.05, 3.63) is 45.0 Å². The number of thioether (sulfide) groups is 1. The van der Waals surface area contributed by atoms with Crippen LogP contribution in [0.3, 0.4) is 0 Å². The lowest BCUT2D eigenvalue weighted by atomic mass is 10.2. The molecule has 3 aromatic heterocycles. The molecule has 1 fully saturated rings. The Bertz CT molecular complexity index is 1220. The molecule has 0 radical (unpaired) electrons. The minimum absolute atomic E-state index is 0.0194. The van der Waals surface area contributed by atoms with Gasteiger partial charge < -0.3 is 14.2 Å². The van der Waals surface area contributed by atoms with E-state index in [0.717, 1.165) is 15.3 Å². The number of carbonyl (C=O) groups is 2. The van der Waals surface area contributed by atoms with Crippen molar-refractivity contribution in [3.63, 3.8) is 0 Å². The van der Waals surface area contributed by atoms with E-state index in [-0.39, 0.29) is 29.0 Å². The summed E-state index contributed by atoms with van der Waals surface area (Å²) in [7, 11) is 0. The van der Waals surface area contributed by atoms with Gasteiger partial charge in [0.05, 0.1) is 17.4 Å². The van der Waals surface area contributed by atoms with Gasteiger partial charge in [0.15, 0.2) is 10.9 Å². The SMILES string of the molecule is Cc1sc2nc(SCC(=O)N3CCN(C(=O)c4ccco4)CC3)n(CC(C)C)c(=O)c2c1C. The Balaban J connectivity index is 1.44. The Morgan fingerprint density at radius 3 is 2.52 bits per heavy atom. The summed E-state index contributed by atoms with van der Waals surface area (Å²) < 4.78 is 6.90. The number of hydrogen-bond donors (Lipinski definition) is 0. The average molecular weight is 489 g/mol. The van der Waals surface area contributed by atoms with Crippen LogP contribution in [-0.2, 0) is 11.3 Å². The number of aromatic nitrogens is 2. The van der Waals surface area contributed by atoms with Crippen LogP contribution in [0.15, 0.2) is 32.8 Å². The van der Waals surface area contributed by atoms with Gasteiger partial charge in [0, 0.05) is 37.6 Å². The van der Waals surface area contributed by atoms with Gasteiger partial charge in [-0.1, -0.05) is 25.6 Å². The van der Waals surface area contributed by atoms with Gasteiger partial charge >= 0.3 is 0 Å². The number of thiophene rings is 1. The van der Waals surface area contributed by atoms with Gasteiger partial charge in [0.25, 0.3) is 11.5 Å². The molecule has 3 aromatic rings. The fourth-order valence-corrected chi connectivity index (χ4v) is 5.86. The molecule has 2 amide bonds. The summed E-state index contributed by atoms with van der Waals surface area (Å²) in [5.74, 6) is 0.615. The number of amides is 2. The normalized spacial score (nSPS) is 14.5. The van der Waals surface area contributed by atoms with Crippen molar-refractivity contribution in [2.45, 2.75) is 39.4 Å². The van der Waals surface area contributed by atoms with Gasteiger partial charge in [-0.3, -0.25) is 19.0 Å². The molecular weight excluding hydrogens is 460 g/mol. The van der Waals surface area contributed by atoms with Crippen LogP contribution >= 0.6 is 23.1 Å². The molecule has 0 aliphatic carbocycles. The Kier molecular flexibility index (Phi) is 6.94. The third kappa shape index (κ3) is 4.86. The Morgan fingerprint density at radius 1 is 1.18 bits per heavy atom. The van der Waals surface area contributed by atoms with Crippen molar-refractivity contribution >= 4 is 45.1 Å². The zero-order valence-corrected chi connectivity index (χ0v) is 20.9. The summed E-state index contributed by atoms with van der Waals surface area (Å²) in [6.07, 6.45) is 1.48. The summed E-state index contributed by atoms with van der Waals surface area (Å²) in [4.78, 5) is 48.6. The van der Waals surface area contributed by atoms with Gasteiger partial charge in [-0.05, 0) is 37.5 Å². The number of fused-ring (bicyclic) bond motifs is 1. The summed E-state index contributed by atoms with van der Waals surface area (Å²) in [5.41, 5.74) is 0.954. The van der Waals surface area contributed by atoms with Crippen LogP contribution in [0, 0.1) is 19.8 Å². The van der Waals surface area contributed by atoms with Crippen LogP contribution < -0.4 is 5.56 Å². The lowest BCUT2D eigenvalue weighted by Crippen LogP contribution is -2.51. The van der Waals surface area contributed by atoms with Crippen molar-refractivity contribution < 1.29 is 14.0 Å². The zero-order valence-electron chi connectivity index (χ0n) is 19.3. The van der Waals surface area contributed by atoms with Crippen LogP contribution in [0.1, 0.15) is 34.8 Å². The molecule has 0 bridgehead atoms. The van der Waals surface area contributed by atoms with E-state index in [4.69, 9.17) is 9.40 Å². The van der Waals surface area contributed by atoms with E-state index >= 15 is 0 Å². The molecule has 4 rings (SSSR count). The standard InChI is InChI=1S/C23H28N4O4S2/c1-14(2)12-27-22(30)19-15(3)16(4)33-20(19)24-23(27)32-13-18(28)25-7-9-26(10-8-25)21(29)17-6-5-11-31-17/h5-6,11,14H,7-10,12-13H2,1-4H3. The van der Waals surface area contributed by atoms with E-state index in [1.54, 1.807) is 26.5 Å². The molecule has 0 N–H and O–H groups in total. The van der Waals surface area contributed by atoms with Gasteiger partial charge in [-0.2, -0.15) is 0 Å². The van der Waals surface area contributed by atoms with Crippen LogP contribution in [0.4, 0.5) is 0 Å². The first-order valence-corrected chi connectivity index (χ1v) is 12.8. The molecule has 0 unspecified atom stereocenters. The molecule has 1 saturated heterocycles. The van der Waals surface area contributed by atoms with Gasteiger partial charge in [-0.25, -0.2) is 4.98 Å². The highest BCUT2D eigenvalue weighted by molar-refractivity contribution is 7.99. The van der Waals surface area contributed by atoms with E-state index < -0.39 is 0 Å². The molecule has 8 nitrogen and oxygen atoms in total. The quantitative estimate of drug-likeness (QED) is 0.390. The van der Waals surface area contributed by atoms with Crippen molar-refractivity contribution in [2.75, 3.05) is 31.9 Å². The molecule has 10 heteroatoms. The lowest BCUT2D eigenvalue weighted by molar-refractivity contribution is -0.129. The highest BCUT2D eigenvalue weighted by Gasteiger charge is 2.26. The van der Waals surface area contributed by atoms with E-state index in [1.165, 1.54) is 29.4 Å². The van der Waals surface area contributed by atoms with Gasteiger partial charge in [0.1, 0.15) is 4.83 Å². The van der Waals surface area contributed by atoms with Crippen LogP contribution in [0.5, 0.6) is 0 Å². The second-order valence-electron chi connectivity index (χ2n) is 8.61. The zero-order chi connectivity index (χ0) is 23.7. The first-order chi connectivity index (χ1) is 15.8. The first kappa shape index (κ1) is 23.6. The fourth-order valence-electron chi connectivity index (χ4n) is 3.88. The molecule has 1 aliphatic heterocycles. The molecule has 0 saturated carbocycles. The lowest BCUT2D eigenvalue weighted by Gasteiger charge is -2.34. The number of carbonyl (C=O) groups excluding carboxylic acids is 2. The van der Waals surface area contributed by atoms with E-state index in [0.29, 0.717) is 49.0 Å². The minimum Gasteiger partial charge on any atom is -0.459 e. The molecule has 0 spiro atoms. The van der Waals surface area contributed by atoms with Crippen molar-refractivity contribution in [1.82, 2.24) is 19.4 Å². The van der Waals surface area contributed by atoms with E-state index in [9.17, 15) is 14.4 Å². The number of hydrogen-bond acceptors (Lipinski definition) is 7. The Hall–Kier alpha value is -2.59. The molecular formula is C23H28N4O4S2. The van der Waals surface area contributed by atoms with Crippen molar-refractivity contribution in [2.24, 2.45) is 5.92 Å². The average Bonchev–Trinajstić information content (AvgIpc) is 3.42. The fraction of sp³-hybridized carbons (Fsp3) is 0.478. The third-order valence-corrected chi connectivity index (χ3v) is 7.84. The number of rotatable bonds is 6. The van der Waals surface area contributed by atoms with E-state index in [1.807, 2.05) is 13.8 Å². The van der Waals surface area contributed by atoms with Crippen molar-refractivity contribution in [1.29, 1.82) is 0 Å². The summed E-state index contributed by atoms with van der Waals surface area (Å²) >= 11 is 2.83. The van der Waals surface area contributed by atoms with Crippen LogP contribution in [0.2, 0.25) is 0 Å². The van der Waals surface area contributed by atoms with Gasteiger partial charge in [0.2, 0.25) is 5.91 Å². The monoisotopic (exact) mass is 488 g/mol. The molecule has 0 aromatic carbocycles. The second kappa shape index (κ2) is 9.72. The maximum Gasteiger partial charge on any atom is 0.289 e. The minimum atomic E-state index is -0.154. The smallest absolute Gasteiger partial charge is 0.289 e. The number of nitrogens with zero attached hydrogens (tertiary/aromatic N) is 4. The van der Waals surface area contributed by atoms with Crippen LogP contribution in [-0.4, -0.2) is 63.1 Å². The largest absolute Gasteiger partial charge is 0.459 e. The molecule has 33 heavy (non-hydrogen) atoms. The maximum absolute atomic E-state index is 13.2. The Morgan fingerprint density at radius 2 is 1.88 bits per heavy atom. The highest BCUT2D eigenvalue weighted by Crippen LogP contribution is 2.29. The number of piperazine rings is 1. The van der Waals surface area contributed by atoms with Gasteiger partial charge in [-0.15, -0.1) is 11.3 Å². The highest BCUT2D eigenvalue weighted by atomic mass is 32.2. The topological polar surface area (TPSA) is 88.7 Å². The summed E-state index contributed by atoms with van der Waals surface area (Å²) in [6.45, 7) is 10.5. The summed E-state index contributed by atoms with van der Waals surface area (Å²) in [6, 6.07) is 3.33. The van der Waals surface area contributed by atoms with E-state index in [2.05, 4.69) is 13.8 Å². The molecule has 0 atom stereocenters. The summed E-state index contributed by atoms with van der Waals surface area (Å²) in [5, 5.41) is 1.27. The second-order valence-corrected chi connectivity index (χ2v) is 10.8. The van der Waals surface area contributed by atoms with Crippen LogP contribution in [0.25, 0.3) is 10.2 Å². The molecule has 176 valence electrons. The maximum atomic E-state index is 13.2. The van der Waals surface area contributed by atoms with Crippen molar-refractivity contribution in [3.8, 4) is 0 Å². The third-order valence-electron chi connectivity index (χ3n) is 5.78. The molecule has 1 aliphatic rings.